The van der Waals surface area contributed by atoms with Crippen molar-refractivity contribution in [2.45, 2.75) is 32.9 Å². The first-order valence-electron chi connectivity index (χ1n) is 7.29. The van der Waals surface area contributed by atoms with E-state index in [9.17, 15) is 0 Å². The molecule has 3 heteroatoms. The summed E-state index contributed by atoms with van der Waals surface area (Å²) in [5, 5.41) is 1.48. The number of rotatable bonds is 6. The molecule has 0 heterocycles. The zero-order chi connectivity index (χ0) is 15.3. The van der Waals surface area contributed by atoms with E-state index in [1.54, 1.807) is 7.11 Å². The van der Waals surface area contributed by atoms with Crippen molar-refractivity contribution in [3.05, 3.63) is 59.7 Å². The summed E-state index contributed by atoms with van der Waals surface area (Å²) in [6, 6.07) is 16.9. The maximum absolute atomic E-state index is 5.86. The van der Waals surface area contributed by atoms with Gasteiger partial charge < -0.3 is 9.47 Å². The Hall–Kier alpha value is -1.58. The summed E-state index contributed by atoms with van der Waals surface area (Å²) in [7, 11) is 0.488. The van der Waals surface area contributed by atoms with Gasteiger partial charge in [0.1, 0.15) is 12.4 Å². The molecule has 0 amide bonds. The zero-order valence-electron chi connectivity index (χ0n) is 13.3. The van der Waals surface area contributed by atoms with Crippen LogP contribution in [0.4, 0.5) is 0 Å². The molecule has 0 aliphatic rings. The molecule has 0 fully saturated rings. The predicted octanol–water partition coefficient (Wildman–Crippen LogP) is 3.96. The minimum Gasteiger partial charge on any atom is -0.489 e. The number of hydrogen-bond donors (Lipinski definition) is 0. The van der Waals surface area contributed by atoms with E-state index in [-0.39, 0.29) is 0 Å². The van der Waals surface area contributed by atoms with Gasteiger partial charge in [-0.2, -0.15) is 0 Å². The van der Waals surface area contributed by atoms with E-state index in [1.807, 2.05) is 24.3 Å². The highest BCUT2D eigenvalue weighted by Gasteiger charge is 2.15. The van der Waals surface area contributed by atoms with Crippen molar-refractivity contribution in [3.63, 3.8) is 0 Å². The fourth-order valence-corrected chi connectivity index (χ4v) is 3.33. The first kappa shape index (κ1) is 15.8. The third-order valence-electron chi connectivity index (χ3n) is 3.43. The van der Waals surface area contributed by atoms with Crippen LogP contribution in [0.3, 0.4) is 0 Å². The molecule has 0 aliphatic heterocycles. The molecule has 0 unspecified atom stereocenters. The maximum atomic E-state index is 5.86. The average Bonchev–Trinajstić information content (AvgIpc) is 2.45. The van der Waals surface area contributed by atoms with Crippen LogP contribution in [0, 0.1) is 0 Å². The first-order valence-corrected chi connectivity index (χ1v) is 10.8. The van der Waals surface area contributed by atoms with Crippen LogP contribution in [-0.2, 0) is 18.0 Å². The van der Waals surface area contributed by atoms with E-state index in [2.05, 4.69) is 43.9 Å². The molecule has 0 saturated carbocycles. The van der Waals surface area contributed by atoms with Gasteiger partial charge >= 0.3 is 0 Å². The third kappa shape index (κ3) is 4.72. The van der Waals surface area contributed by atoms with E-state index in [0.717, 1.165) is 11.3 Å². The van der Waals surface area contributed by atoms with Crippen molar-refractivity contribution in [2.75, 3.05) is 7.11 Å². The highest BCUT2D eigenvalue weighted by molar-refractivity contribution is 6.88. The molecule has 0 atom stereocenters. The minimum absolute atomic E-state index is 0.600. The molecule has 0 N–H and O–H groups in total. The Kier molecular flexibility index (Phi) is 5.20. The van der Waals surface area contributed by atoms with Gasteiger partial charge in [0.25, 0.3) is 0 Å². The van der Waals surface area contributed by atoms with E-state index in [1.165, 1.54) is 10.8 Å². The number of ether oxygens (including phenoxy) is 2. The van der Waals surface area contributed by atoms with Gasteiger partial charge in [-0.3, -0.25) is 0 Å². The van der Waals surface area contributed by atoms with Crippen molar-refractivity contribution < 1.29 is 9.47 Å². The van der Waals surface area contributed by atoms with Crippen LogP contribution >= 0.6 is 0 Å². The largest absolute Gasteiger partial charge is 0.489 e. The van der Waals surface area contributed by atoms with Gasteiger partial charge in [-0.1, -0.05) is 61.2 Å². The third-order valence-corrected chi connectivity index (χ3v) is 5.50. The van der Waals surface area contributed by atoms with Crippen LogP contribution in [0.25, 0.3) is 0 Å². The normalized spacial score (nSPS) is 11.4. The first-order chi connectivity index (χ1) is 9.99. The van der Waals surface area contributed by atoms with Crippen LogP contribution in [0.5, 0.6) is 5.75 Å². The number of benzene rings is 2. The number of methoxy groups -OCH3 is 1. The summed E-state index contributed by atoms with van der Waals surface area (Å²) >= 11 is 0. The van der Waals surface area contributed by atoms with Crippen molar-refractivity contribution in [3.8, 4) is 5.75 Å². The monoisotopic (exact) mass is 300 g/mol. The quantitative estimate of drug-likeness (QED) is 0.752. The summed E-state index contributed by atoms with van der Waals surface area (Å²) < 4.78 is 11.0. The van der Waals surface area contributed by atoms with E-state index in [0.29, 0.717) is 13.2 Å². The van der Waals surface area contributed by atoms with Gasteiger partial charge in [-0.05, 0) is 23.3 Å². The standard InChI is InChI=1S/C18H24O2Si/c1-19-13-16-6-5-7-17(12-16)20-14-15-8-10-18(11-9-15)21(2,3)4/h5-12H,13-14H2,1-4H3. The molecule has 2 rings (SSSR count). The lowest BCUT2D eigenvalue weighted by Gasteiger charge is -2.17. The van der Waals surface area contributed by atoms with Crippen molar-refractivity contribution >= 4 is 13.3 Å². The maximum Gasteiger partial charge on any atom is 0.120 e. The van der Waals surface area contributed by atoms with E-state index >= 15 is 0 Å². The van der Waals surface area contributed by atoms with Crippen LogP contribution in [0.15, 0.2) is 48.5 Å². The highest BCUT2D eigenvalue weighted by Crippen LogP contribution is 2.16. The molecule has 0 radical (unpaired) electrons. The second-order valence-corrected chi connectivity index (χ2v) is 11.4. The van der Waals surface area contributed by atoms with Gasteiger partial charge in [0.2, 0.25) is 0 Å². The van der Waals surface area contributed by atoms with Crippen LogP contribution in [-0.4, -0.2) is 15.2 Å². The highest BCUT2D eigenvalue weighted by atomic mass is 28.3. The lowest BCUT2D eigenvalue weighted by atomic mass is 10.2. The van der Waals surface area contributed by atoms with Gasteiger partial charge in [0.05, 0.1) is 14.7 Å². The predicted molar refractivity (Wildman–Crippen MR) is 90.9 cm³/mol. The van der Waals surface area contributed by atoms with Crippen LogP contribution in [0.2, 0.25) is 19.6 Å². The molecule has 2 aromatic carbocycles. The average molecular weight is 300 g/mol. The SMILES string of the molecule is COCc1cccc(OCc2ccc([Si](C)(C)C)cc2)c1. The Labute approximate surface area is 128 Å². The summed E-state index contributed by atoms with van der Waals surface area (Å²) in [5.74, 6) is 0.888. The minimum atomic E-state index is -1.21. The van der Waals surface area contributed by atoms with Crippen LogP contribution in [0.1, 0.15) is 11.1 Å². The lowest BCUT2D eigenvalue weighted by Crippen LogP contribution is -2.37. The Morgan fingerprint density at radius 2 is 1.57 bits per heavy atom. The Bertz CT molecular complexity index is 571. The number of hydrogen-bond acceptors (Lipinski definition) is 2. The molecule has 0 saturated heterocycles. The zero-order valence-corrected chi connectivity index (χ0v) is 14.3. The second kappa shape index (κ2) is 6.92. The fraction of sp³-hybridized carbons (Fsp3) is 0.333. The molecule has 0 bridgehead atoms. The van der Waals surface area contributed by atoms with E-state index in [4.69, 9.17) is 9.47 Å². The summed E-state index contributed by atoms with van der Waals surface area (Å²) in [5.41, 5.74) is 2.33. The molecular formula is C18H24O2Si. The summed E-state index contributed by atoms with van der Waals surface area (Å²) in [6.07, 6.45) is 0. The topological polar surface area (TPSA) is 18.5 Å². The van der Waals surface area contributed by atoms with E-state index < -0.39 is 8.07 Å². The Morgan fingerprint density at radius 1 is 0.857 bits per heavy atom. The molecule has 0 aromatic heterocycles. The molecule has 0 spiro atoms. The Balaban J connectivity index is 1.98. The molecule has 2 nitrogen and oxygen atoms in total. The summed E-state index contributed by atoms with van der Waals surface area (Å²) in [4.78, 5) is 0. The fourth-order valence-electron chi connectivity index (χ4n) is 2.16. The van der Waals surface area contributed by atoms with Gasteiger partial charge in [-0.25, -0.2) is 0 Å². The van der Waals surface area contributed by atoms with Crippen LogP contribution < -0.4 is 9.92 Å². The van der Waals surface area contributed by atoms with Gasteiger partial charge in [0, 0.05) is 7.11 Å². The smallest absolute Gasteiger partial charge is 0.120 e. The molecule has 21 heavy (non-hydrogen) atoms. The Morgan fingerprint density at radius 3 is 2.19 bits per heavy atom. The molecular weight excluding hydrogens is 276 g/mol. The molecule has 2 aromatic rings. The van der Waals surface area contributed by atoms with Gasteiger partial charge in [0.15, 0.2) is 0 Å². The molecule has 112 valence electrons. The van der Waals surface area contributed by atoms with Crippen molar-refractivity contribution in [1.29, 1.82) is 0 Å². The summed E-state index contributed by atoms with van der Waals surface area (Å²) in [6.45, 7) is 8.30. The molecule has 0 aliphatic carbocycles. The lowest BCUT2D eigenvalue weighted by molar-refractivity contribution is 0.184. The van der Waals surface area contributed by atoms with Gasteiger partial charge in [-0.15, -0.1) is 0 Å². The van der Waals surface area contributed by atoms with Crippen molar-refractivity contribution in [1.82, 2.24) is 0 Å². The second-order valence-electron chi connectivity index (χ2n) is 6.32. The van der Waals surface area contributed by atoms with Crippen molar-refractivity contribution in [2.24, 2.45) is 0 Å².